The van der Waals surface area contributed by atoms with E-state index in [1.807, 2.05) is 6.92 Å². The molecule has 70 heavy (non-hydrogen) atoms. The van der Waals surface area contributed by atoms with Crippen LogP contribution < -0.4 is 31.0 Å². The van der Waals surface area contributed by atoms with E-state index >= 15 is 0 Å². The summed E-state index contributed by atoms with van der Waals surface area (Å²) in [5.41, 5.74) is 0.356. The summed E-state index contributed by atoms with van der Waals surface area (Å²) in [6, 6.07) is 7.68. The third-order valence-electron chi connectivity index (χ3n) is 12.6. The number of carboxylic acids is 1. The number of hydrogen-bond acceptors (Lipinski definition) is 17. The van der Waals surface area contributed by atoms with E-state index in [1.54, 1.807) is 45.9 Å². The zero-order valence-electron chi connectivity index (χ0n) is 39.1. The van der Waals surface area contributed by atoms with Crippen molar-refractivity contribution < 1.29 is 78.0 Å². The number of carbonyl (C=O) groups is 6. The second kappa shape index (κ2) is 20.6. The van der Waals surface area contributed by atoms with Crippen molar-refractivity contribution in [1.82, 2.24) is 20.2 Å². The number of ether oxygens (including phenoxy) is 5. The number of aromatic nitrogens is 2. The molecule has 0 saturated carbocycles. The van der Waals surface area contributed by atoms with Crippen LogP contribution in [0.3, 0.4) is 0 Å². The second-order valence-corrected chi connectivity index (χ2v) is 17.5. The van der Waals surface area contributed by atoms with Gasteiger partial charge in [-0.15, -0.1) is 0 Å². The summed E-state index contributed by atoms with van der Waals surface area (Å²) in [4.78, 5) is 96.6. The Morgan fingerprint density at radius 3 is 2.34 bits per heavy atom. The molecule has 2 aromatic heterocycles. The number of aliphatic hydroxyl groups excluding tert-OH is 3. The van der Waals surface area contributed by atoms with Crippen LogP contribution in [0.4, 0.5) is 5.69 Å². The number of anilines is 1. The van der Waals surface area contributed by atoms with Crippen molar-refractivity contribution in [1.29, 1.82) is 0 Å². The first-order valence-corrected chi connectivity index (χ1v) is 22.8. The molecule has 0 aliphatic carbocycles. The first kappa shape index (κ1) is 51.0. The lowest BCUT2D eigenvalue weighted by Gasteiger charge is -2.38. The highest BCUT2D eigenvalue weighted by molar-refractivity contribution is 6.00. The van der Waals surface area contributed by atoms with E-state index in [0.717, 1.165) is 11.6 Å². The van der Waals surface area contributed by atoms with Gasteiger partial charge >= 0.3 is 17.9 Å². The van der Waals surface area contributed by atoms with Crippen LogP contribution in [0, 0.1) is 5.92 Å². The Balaban J connectivity index is 1.16. The smallest absolute Gasteiger partial charge is 0.347 e. The number of aliphatic hydroxyl groups is 4. The molecule has 1 saturated heterocycles. The average Bonchev–Trinajstić information content (AvgIpc) is 3.69. The maximum absolute atomic E-state index is 14.1. The second-order valence-electron chi connectivity index (χ2n) is 17.5. The normalized spacial score (nSPS) is 22.2. The van der Waals surface area contributed by atoms with Crippen LogP contribution >= 0.6 is 0 Å². The Morgan fingerprint density at radius 2 is 1.67 bits per heavy atom. The number of aliphatic carboxylic acids is 1. The van der Waals surface area contributed by atoms with Crippen molar-refractivity contribution in [2.75, 3.05) is 18.5 Å². The van der Waals surface area contributed by atoms with E-state index in [2.05, 4.69) is 16.0 Å². The number of rotatable bonds is 17. The quantitative estimate of drug-likeness (QED) is 0.0368. The van der Waals surface area contributed by atoms with E-state index in [9.17, 15) is 59.1 Å². The molecule has 4 aromatic rings. The minimum absolute atomic E-state index is 0.0200. The van der Waals surface area contributed by atoms with Gasteiger partial charge in [0.05, 0.1) is 35.6 Å². The molecule has 5 heterocycles. The van der Waals surface area contributed by atoms with Gasteiger partial charge in [-0.1, -0.05) is 27.7 Å². The number of aryl methyl sites for hydroxylation is 1. The Morgan fingerprint density at radius 1 is 0.929 bits per heavy atom. The number of esters is 2. The van der Waals surface area contributed by atoms with Gasteiger partial charge in [0.15, 0.2) is 11.7 Å². The summed E-state index contributed by atoms with van der Waals surface area (Å²) in [5.74, 6) is -6.17. The van der Waals surface area contributed by atoms with Crippen LogP contribution in [0.1, 0.15) is 87.0 Å². The van der Waals surface area contributed by atoms with E-state index in [-0.39, 0.29) is 66.6 Å². The van der Waals surface area contributed by atoms with Gasteiger partial charge in [-0.2, -0.15) is 0 Å². The van der Waals surface area contributed by atoms with Crippen LogP contribution in [-0.4, -0.2) is 127 Å². The van der Waals surface area contributed by atoms with Gasteiger partial charge in [0.2, 0.25) is 24.0 Å². The molecule has 374 valence electrons. The summed E-state index contributed by atoms with van der Waals surface area (Å²) in [6.45, 7) is 10.5. The molecule has 3 amide bonds. The highest BCUT2D eigenvalue weighted by Crippen LogP contribution is 2.41. The number of carbonyl (C=O) groups excluding carboxylic acids is 5. The lowest BCUT2D eigenvalue weighted by Crippen LogP contribution is -2.61. The Kier molecular flexibility index (Phi) is 15.1. The first-order valence-electron chi connectivity index (χ1n) is 22.8. The molecule has 0 radical (unpaired) electrons. The molecule has 1 fully saturated rings. The fourth-order valence-electron chi connectivity index (χ4n) is 8.62. The molecule has 22 heteroatoms. The van der Waals surface area contributed by atoms with Crippen LogP contribution in [0.15, 0.2) is 47.3 Å². The number of hydrogen-bond donors (Lipinski definition) is 8. The van der Waals surface area contributed by atoms with E-state index < -0.39 is 95.3 Å². The number of benzene rings is 2. The molecule has 8 atom stereocenters. The molecular formula is C48H55N5O17. The Labute approximate surface area is 399 Å². The standard InChI is InChI=1S/C48H55N5O17/c1-7-25-27-17-24(11-13-31(27)51-36-28(25)19-53-32(36)18-30-29(43(53)60)20-67-47(64)48(30,65)8-2)68-45(63)26-12-10-23(16-33(26)69-46-39(57)37(55)38(56)40(70-46)44(61)62)50-41(58)22(6)49-42(59)35(21(4)5)52-34(54)14-15-66-9-3/h10-13,16-18,21-22,35,37-40,46,55-57,65H,7-9,14-15,19-20H2,1-6H3,(H,49,59)(H,50,58)(H,52,54)(H,61,62)/t22-,35-,37-,38-,39+,40-,46+,48-/m0/s1. The summed E-state index contributed by atoms with van der Waals surface area (Å²) < 4.78 is 28.9. The van der Waals surface area contributed by atoms with Crippen molar-refractivity contribution in [2.24, 2.45) is 5.92 Å². The molecule has 8 N–H and O–H groups in total. The van der Waals surface area contributed by atoms with Gasteiger partial charge in [-0.05, 0) is 74.6 Å². The van der Waals surface area contributed by atoms with Gasteiger partial charge in [0.25, 0.3) is 5.56 Å². The Hall–Kier alpha value is -6.82. The van der Waals surface area contributed by atoms with Gasteiger partial charge < -0.3 is 69.7 Å². The third kappa shape index (κ3) is 9.82. The molecule has 3 aliphatic rings. The minimum atomic E-state index is -2.07. The summed E-state index contributed by atoms with van der Waals surface area (Å²) in [5, 5.41) is 61.0. The number of cyclic esters (lactones) is 1. The zero-order chi connectivity index (χ0) is 50.9. The molecule has 0 spiro atoms. The van der Waals surface area contributed by atoms with E-state index in [1.165, 1.54) is 29.7 Å². The average molecular weight is 974 g/mol. The molecule has 2 aromatic carbocycles. The number of amides is 3. The maximum Gasteiger partial charge on any atom is 0.347 e. The maximum atomic E-state index is 14.1. The van der Waals surface area contributed by atoms with Gasteiger partial charge in [-0.25, -0.2) is 19.4 Å². The van der Waals surface area contributed by atoms with Crippen molar-refractivity contribution >= 4 is 52.2 Å². The molecule has 7 rings (SSSR count). The molecule has 0 unspecified atom stereocenters. The van der Waals surface area contributed by atoms with Crippen LogP contribution in [0.5, 0.6) is 11.5 Å². The molecule has 0 bridgehead atoms. The molecule has 3 aliphatic heterocycles. The summed E-state index contributed by atoms with van der Waals surface area (Å²) in [6.07, 6.45) is -9.78. The number of pyridine rings is 2. The molecule has 22 nitrogen and oxygen atoms in total. The minimum Gasteiger partial charge on any atom is -0.479 e. The topological polar surface area (TPSA) is 321 Å². The zero-order valence-corrected chi connectivity index (χ0v) is 39.1. The number of carboxylic acid groups (broad SMARTS) is 1. The third-order valence-corrected chi connectivity index (χ3v) is 12.6. The van der Waals surface area contributed by atoms with E-state index in [0.29, 0.717) is 40.9 Å². The molecular weight excluding hydrogens is 919 g/mol. The van der Waals surface area contributed by atoms with Crippen molar-refractivity contribution in [3.63, 3.8) is 0 Å². The van der Waals surface area contributed by atoms with Crippen molar-refractivity contribution in [3.8, 4) is 22.9 Å². The summed E-state index contributed by atoms with van der Waals surface area (Å²) in [7, 11) is 0. The van der Waals surface area contributed by atoms with Crippen molar-refractivity contribution in [3.05, 3.63) is 80.6 Å². The lowest BCUT2D eigenvalue weighted by molar-refractivity contribution is -0.271. The fourth-order valence-corrected chi connectivity index (χ4v) is 8.62. The lowest BCUT2D eigenvalue weighted by atomic mass is 9.86. The van der Waals surface area contributed by atoms with Crippen LogP contribution in [0.25, 0.3) is 22.3 Å². The highest BCUT2D eigenvalue weighted by Gasteiger charge is 2.49. The number of fused-ring (bicyclic) bond motifs is 5. The van der Waals surface area contributed by atoms with Gasteiger partial charge in [-0.3, -0.25) is 19.2 Å². The van der Waals surface area contributed by atoms with Crippen LogP contribution in [0.2, 0.25) is 0 Å². The monoisotopic (exact) mass is 973 g/mol. The van der Waals surface area contributed by atoms with Gasteiger partial charge in [0, 0.05) is 41.3 Å². The first-order chi connectivity index (χ1) is 33.2. The van der Waals surface area contributed by atoms with Crippen molar-refractivity contribution in [2.45, 2.75) is 122 Å². The highest BCUT2D eigenvalue weighted by atomic mass is 16.7. The number of nitrogens with one attached hydrogen (secondary N) is 3. The van der Waals surface area contributed by atoms with Gasteiger partial charge in [0.1, 0.15) is 54.1 Å². The predicted molar refractivity (Wildman–Crippen MR) is 244 cm³/mol. The van der Waals surface area contributed by atoms with Crippen LogP contribution in [-0.2, 0) is 63.4 Å². The Bertz CT molecular complexity index is 2810. The SMILES string of the molecule is CCOCCC(=O)N[C@H](C(=O)N[C@@H](C)C(=O)Nc1ccc(C(=O)Oc2ccc3nc4c(c(CC)c3c2)Cn2c-4cc3c(c2=O)COC(=O)[C@]3(O)CC)c(O[C@@H]2O[C@H](C(=O)O)[C@@H](O)[C@H](O)[C@H]2O)c1)C(C)C. The predicted octanol–water partition coefficient (Wildman–Crippen LogP) is 1.14. The largest absolute Gasteiger partial charge is 0.479 e. The fraction of sp³-hybridized carbons (Fsp3) is 0.458. The number of nitrogens with zero attached hydrogens (tertiary/aromatic N) is 2. The van der Waals surface area contributed by atoms with E-state index in [4.69, 9.17) is 28.7 Å². The summed E-state index contributed by atoms with van der Waals surface area (Å²) >= 11 is 0.